The third kappa shape index (κ3) is 4.49. The standard InChI is InChI=1S/C10H21N3O2S/c1-10(2,12-16(3,14)15)8-13-7-5-4-6-9(13)11/h11-12H,4-8H2,1-3H3. The predicted molar refractivity (Wildman–Crippen MR) is 65.2 cm³/mol. The Morgan fingerprint density at radius 2 is 2.06 bits per heavy atom. The van der Waals surface area contributed by atoms with E-state index >= 15 is 0 Å². The molecule has 0 amide bonds. The summed E-state index contributed by atoms with van der Waals surface area (Å²) in [5.41, 5.74) is -0.531. The molecule has 0 radical (unpaired) electrons. The highest BCUT2D eigenvalue weighted by atomic mass is 32.2. The van der Waals surface area contributed by atoms with Crippen molar-refractivity contribution in [3.8, 4) is 0 Å². The minimum absolute atomic E-state index is 0.531. The summed E-state index contributed by atoms with van der Waals surface area (Å²) >= 11 is 0. The normalized spacial score (nSPS) is 18.9. The Hall–Kier alpha value is -0.620. The number of nitrogens with zero attached hydrogens (tertiary/aromatic N) is 1. The molecule has 1 aliphatic rings. The van der Waals surface area contributed by atoms with Crippen molar-refractivity contribution in [3.05, 3.63) is 0 Å². The van der Waals surface area contributed by atoms with Gasteiger partial charge in [0.2, 0.25) is 10.0 Å². The summed E-state index contributed by atoms with van der Waals surface area (Å²) in [6.45, 7) is 5.10. The van der Waals surface area contributed by atoms with Gasteiger partial charge in [-0.2, -0.15) is 0 Å². The van der Waals surface area contributed by atoms with Crippen LogP contribution in [0.25, 0.3) is 0 Å². The van der Waals surface area contributed by atoms with E-state index in [1.807, 2.05) is 18.7 Å². The number of rotatable bonds is 4. The highest BCUT2D eigenvalue weighted by Gasteiger charge is 2.27. The first-order valence-corrected chi connectivity index (χ1v) is 7.40. The van der Waals surface area contributed by atoms with Gasteiger partial charge in [-0.15, -0.1) is 0 Å². The van der Waals surface area contributed by atoms with Gasteiger partial charge in [-0.1, -0.05) is 0 Å². The molecule has 1 saturated heterocycles. The molecule has 0 aromatic heterocycles. The number of amidine groups is 1. The Kier molecular flexibility index (Phi) is 3.96. The Morgan fingerprint density at radius 3 is 2.56 bits per heavy atom. The molecule has 2 N–H and O–H groups in total. The summed E-state index contributed by atoms with van der Waals surface area (Å²) in [7, 11) is -3.20. The lowest BCUT2D eigenvalue weighted by molar-refractivity contribution is 0.285. The molecule has 1 rings (SSSR count). The fourth-order valence-electron chi connectivity index (χ4n) is 2.07. The second kappa shape index (κ2) is 4.71. The maximum atomic E-state index is 11.2. The molecule has 1 heterocycles. The lowest BCUT2D eigenvalue weighted by atomic mass is 10.0. The van der Waals surface area contributed by atoms with E-state index in [1.165, 1.54) is 0 Å². The van der Waals surface area contributed by atoms with Crippen LogP contribution in [0.2, 0.25) is 0 Å². The molecular formula is C10H21N3O2S. The van der Waals surface area contributed by atoms with Gasteiger partial charge in [-0.05, 0) is 26.7 Å². The smallest absolute Gasteiger partial charge is 0.209 e. The minimum atomic E-state index is -3.20. The van der Waals surface area contributed by atoms with Crippen molar-refractivity contribution in [1.29, 1.82) is 5.41 Å². The summed E-state index contributed by atoms with van der Waals surface area (Å²) in [4.78, 5) is 1.96. The third-order valence-corrected chi connectivity index (χ3v) is 3.44. The molecule has 0 spiro atoms. The first-order valence-electron chi connectivity index (χ1n) is 5.51. The largest absolute Gasteiger partial charge is 0.359 e. The molecular weight excluding hydrogens is 226 g/mol. The second-order valence-corrected chi connectivity index (χ2v) is 6.83. The summed E-state index contributed by atoms with van der Waals surface area (Å²) in [6, 6.07) is 0. The summed E-state index contributed by atoms with van der Waals surface area (Å²) in [6.07, 6.45) is 4.11. The van der Waals surface area contributed by atoms with Crippen LogP contribution in [0, 0.1) is 5.41 Å². The molecule has 0 aromatic rings. The van der Waals surface area contributed by atoms with Crippen LogP contribution in [-0.4, -0.2) is 44.0 Å². The summed E-state index contributed by atoms with van der Waals surface area (Å²) in [5.74, 6) is 0.620. The molecule has 0 aliphatic carbocycles. The van der Waals surface area contributed by atoms with Crippen molar-refractivity contribution in [2.24, 2.45) is 0 Å². The Balaban J connectivity index is 2.60. The van der Waals surface area contributed by atoms with Gasteiger partial charge >= 0.3 is 0 Å². The fourth-order valence-corrected chi connectivity index (χ4v) is 3.14. The van der Waals surface area contributed by atoms with Crippen molar-refractivity contribution in [2.75, 3.05) is 19.3 Å². The number of likely N-dealkylation sites (tertiary alicyclic amines) is 1. The highest BCUT2D eigenvalue weighted by molar-refractivity contribution is 7.88. The first-order chi connectivity index (χ1) is 7.20. The Bertz CT molecular complexity index is 362. The molecule has 1 fully saturated rings. The number of nitrogens with one attached hydrogen (secondary N) is 2. The van der Waals surface area contributed by atoms with Gasteiger partial charge in [0.25, 0.3) is 0 Å². The average Bonchev–Trinajstić information content (AvgIpc) is 2.04. The molecule has 0 saturated carbocycles. The number of hydrogen-bond acceptors (Lipinski definition) is 3. The zero-order valence-electron chi connectivity index (χ0n) is 10.2. The van der Waals surface area contributed by atoms with Crippen molar-refractivity contribution in [1.82, 2.24) is 9.62 Å². The van der Waals surface area contributed by atoms with Gasteiger partial charge in [0, 0.05) is 25.0 Å². The van der Waals surface area contributed by atoms with Gasteiger partial charge < -0.3 is 4.90 Å². The van der Waals surface area contributed by atoms with Crippen LogP contribution in [-0.2, 0) is 10.0 Å². The molecule has 0 bridgehead atoms. The van der Waals surface area contributed by atoms with E-state index in [2.05, 4.69) is 4.72 Å². The third-order valence-electron chi connectivity index (χ3n) is 2.52. The predicted octanol–water partition coefficient (Wildman–Crippen LogP) is 0.777. The monoisotopic (exact) mass is 247 g/mol. The average molecular weight is 247 g/mol. The summed E-state index contributed by atoms with van der Waals surface area (Å²) in [5, 5.41) is 7.81. The van der Waals surface area contributed by atoms with Crippen molar-refractivity contribution >= 4 is 15.9 Å². The maximum absolute atomic E-state index is 11.2. The van der Waals surface area contributed by atoms with Gasteiger partial charge in [0.15, 0.2) is 0 Å². The lowest BCUT2D eigenvalue weighted by Gasteiger charge is -2.36. The quantitative estimate of drug-likeness (QED) is 0.771. The van der Waals surface area contributed by atoms with Crippen molar-refractivity contribution in [3.63, 3.8) is 0 Å². The molecule has 94 valence electrons. The highest BCUT2D eigenvalue weighted by Crippen LogP contribution is 2.15. The van der Waals surface area contributed by atoms with Crippen LogP contribution in [0.15, 0.2) is 0 Å². The molecule has 16 heavy (non-hydrogen) atoms. The van der Waals surface area contributed by atoms with E-state index in [0.29, 0.717) is 12.4 Å². The van der Waals surface area contributed by atoms with Gasteiger partial charge in [0.05, 0.1) is 12.1 Å². The van der Waals surface area contributed by atoms with Gasteiger partial charge in [-0.25, -0.2) is 13.1 Å². The van der Waals surface area contributed by atoms with Crippen LogP contribution >= 0.6 is 0 Å². The van der Waals surface area contributed by atoms with E-state index in [-0.39, 0.29) is 0 Å². The molecule has 0 aromatic carbocycles. The summed E-state index contributed by atoms with van der Waals surface area (Å²) < 4.78 is 25.0. The maximum Gasteiger partial charge on any atom is 0.209 e. The SMILES string of the molecule is CC(C)(CN1CCCCC1=N)NS(C)(=O)=O. The van der Waals surface area contributed by atoms with Gasteiger partial charge in [0.1, 0.15) is 0 Å². The lowest BCUT2D eigenvalue weighted by Crippen LogP contribution is -2.53. The van der Waals surface area contributed by atoms with Crippen LogP contribution in [0.3, 0.4) is 0 Å². The van der Waals surface area contributed by atoms with Crippen molar-refractivity contribution in [2.45, 2.75) is 38.6 Å². The van der Waals surface area contributed by atoms with Crippen LogP contribution in [0.1, 0.15) is 33.1 Å². The molecule has 1 aliphatic heterocycles. The molecule has 0 atom stereocenters. The van der Waals surface area contributed by atoms with E-state index in [0.717, 1.165) is 32.1 Å². The van der Waals surface area contributed by atoms with E-state index < -0.39 is 15.6 Å². The van der Waals surface area contributed by atoms with Crippen molar-refractivity contribution < 1.29 is 8.42 Å². The molecule has 5 nitrogen and oxygen atoms in total. The zero-order valence-corrected chi connectivity index (χ0v) is 11.0. The van der Waals surface area contributed by atoms with Crippen LogP contribution < -0.4 is 4.72 Å². The number of sulfonamides is 1. The fraction of sp³-hybridized carbons (Fsp3) is 0.900. The number of hydrogen-bond donors (Lipinski definition) is 2. The molecule has 6 heteroatoms. The van der Waals surface area contributed by atoms with Crippen LogP contribution in [0.5, 0.6) is 0 Å². The zero-order chi connectivity index (χ0) is 12.4. The van der Waals surface area contributed by atoms with E-state index in [9.17, 15) is 8.42 Å². The Labute approximate surface area is 97.8 Å². The van der Waals surface area contributed by atoms with E-state index in [4.69, 9.17) is 5.41 Å². The second-order valence-electron chi connectivity index (χ2n) is 5.08. The topological polar surface area (TPSA) is 73.3 Å². The van der Waals surface area contributed by atoms with E-state index in [1.54, 1.807) is 0 Å². The minimum Gasteiger partial charge on any atom is -0.359 e. The van der Waals surface area contributed by atoms with Crippen LogP contribution in [0.4, 0.5) is 0 Å². The number of piperidine rings is 1. The first kappa shape index (κ1) is 13.4. The molecule has 0 unspecified atom stereocenters. The van der Waals surface area contributed by atoms with Gasteiger partial charge in [-0.3, -0.25) is 5.41 Å². The Morgan fingerprint density at radius 1 is 1.44 bits per heavy atom.